The summed E-state index contributed by atoms with van der Waals surface area (Å²) >= 11 is 0. The maximum atomic E-state index is 13.1. The van der Waals surface area contributed by atoms with E-state index in [9.17, 15) is 23.3 Å². The Bertz CT molecular complexity index is 972. The Morgan fingerprint density at radius 3 is 2.44 bits per heavy atom. The molecular weight excluding hydrogens is 372 g/mol. The van der Waals surface area contributed by atoms with Crippen molar-refractivity contribution in [1.82, 2.24) is 0 Å². The summed E-state index contributed by atoms with van der Waals surface area (Å²) < 4.78 is 32.3. The molecule has 8 nitrogen and oxygen atoms in total. The minimum absolute atomic E-state index is 0.0815. The first-order valence-corrected chi connectivity index (χ1v) is 9.72. The molecule has 2 aromatic rings. The lowest BCUT2D eigenvalue weighted by molar-refractivity contribution is -0.385. The Hall–Kier alpha value is -2.94. The SMILES string of the molecule is CCOC(=O)c1cccc(N(CC)S(=O)(=O)c2cccc([N+](=O)[O-])c2)c1C. The van der Waals surface area contributed by atoms with Crippen molar-refractivity contribution in [3.05, 3.63) is 63.7 Å². The molecule has 2 aromatic carbocycles. The third kappa shape index (κ3) is 4.08. The van der Waals surface area contributed by atoms with Gasteiger partial charge < -0.3 is 4.74 Å². The zero-order valence-corrected chi connectivity index (χ0v) is 16.0. The summed E-state index contributed by atoms with van der Waals surface area (Å²) in [5, 5.41) is 11.0. The first-order valence-electron chi connectivity index (χ1n) is 8.28. The van der Waals surface area contributed by atoms with Crippen LogP contribution in [0.3, 0.4) is 0 Å². The number of esters is 1. The maximum Gasteiger partial charge on any atom is 0.338 e. The van der Waals surface area contributed by atoms with Crippen LogP contribution in [0, 0.1) is 17.0 Å². The summed E-state index contributed by atoms with van der Waals surface area (Å²) in [4.78, 5) is 22.2. The molecule has 0 aliphatic rings. The number of sulfonamides is 1. The summed E-state index contributed by atoms with van der Waals surface area (Å²) in [6.45, 7) is 5.24. The molecule has 144 valence electrons. The predicted molar refractivity (Wildman–Crippen MR) is 100 cm³/mol. The van der Waals surface area contributed by atoms with Crippen LogP contribution < -0.4 is 4.31 Å². The predicted octanol–water partition coefficient (Wildman–Crippen LogP) is 3.30. The second kappa shape index (κ2) is 8.17. The summed E-state index contributed by atoms with van der Waals surface area (Å²) in [7, 11) is -4.06. The maximum absolute atomic E-state index is 13.1. The molecule has 0 spiro atoms. The van der Waals surface area contributed by atoms with Gasteiger partial charge in [-0.3, -0.25) is 14.4 Å². The van der Waals surface area contributed by atoms with Crippen molar-refractivity contribution in [2.75, 3.05) is 17.5 Å². The molecule has 0 bridgehead atoms. The number of nitro benzene ring substituents is 1. The summed E-state index contributed by atoms with van der Waals surface area (Å²) in [6, 6.07) is 9.57. The fourth-order valence-electron chi connectivity index (χ4n) is 2.68. The molecular formula is C18H20N2O6S. The lowest BCUT2D eigenvalue weighted by Crippen LogP contribution is -2.31. The molecule has 0 saturated carbocycles. The van der Waals surface area contributed by atoms with Crippen LogP contribution in [-0.4, -0.2) is 32.5 Å². The number of hydrogen-bond acceptors (Lipinski definition) is 6. The molecule has 0 unspecified atom stereocenters. The lowest BCUT2D eigenvalue weighted by atomic mass is 10.1. The Morgan fingerprint density at radius 2 is 1.85 bits per heavy atom. The Labute approximate surface area is 157 Å². The number of carbonyl (C=O) groups is 1. The van der Waals surface area contributed by atoms with Gasteiger partial charge in [0.05, 0.1) is 27.7 Å². The van der Waals surface area contributed by atoms with Crippen LogP contribution in [0.25, 0.3) is 0 Å². The standard InChI is InChI=1S/C18H20N2O6S/c1-4-19(17-11-7-10-16(13(17)3)18(21)26-5-2)27(24,25)15-9-6-8-14(12-15)20(22)23/h6-12H,4-5H2,1-3H3. The van der Waals surface area contributed by atoms with Crippen LogP contribution in [0.2, 0.25) is 0 Å². The first-order chi connectivity index (χ1) is 12.7. The van der Waals surface area contributed by atoms with E-state index in [0.29, 0.717) is 11.3 Å². The van der Waals surface area contributed by atoms with Gasteiger partial charge in [0.2, 0.25) is 0 Å². The average molecular weight is 392 g/mol. The normalized spacial score (nSPS) is 11.1. The number of non-ortho nitro benzene ring substituents is 1. The monoisotopic (exact) mass is 392 g/mol. The first kappa shape index (κ1) is 20.4. The van der Waals surface area contributed by atoms with E-state index in [1.165, 1.54) is 18.2 Å². The summed E-state index contributed by atoms with van der Waals surface area (Å²) in [6.07, 6.45) is 0. The zero-order valence-electron chi connectivity index (χ0n) is 15.2. The molecule has 2 rings (SSSR count). The number of carbonyl (C=O) groups excluding carboxylic acids is 1. The van der Waals surface area contributed by atoms with Crippen LogP contribution in [0.1, 0.15) is 29.8 Å². The van der Waals surface area contributed by atoms with Crippen LogP contribution in [0.15, 0.2) is 47.4 Å². The van der Waals surface area contributed by atoms with Gasteiger partial charge in [-0.25, -0.2) is 13.2 Å². The van der Waals surface area contributed by atoms with Crippen molar-refractivity contribution < 1.29 is 22.9 Å². The second-order valence-electron chi connectivity index (χ2n) is 5.59. The second-order valence-corrected chi connectivity index (χ2v) is 7.46. The average Bonchev–Trinajstić information content (AvgIpc) is 2.63. The number of benzene rings is 2. The van der Waals surface area contributed by atoms with Crippen molar-refractivity contribution in [3.8, 4) is 0 Å². The Balaban J connectivity index is 2.56. The highest BCUT2D eigenvalue weighted by atomic mass is 32.2. The van der Waals surface area contributed by atoms with Gasteiger partial charge in [0.1, 0.15) is 0 Å². The minimum atomic E-state index is -4.06. The molecule has 0 amide bonds. The minimum Gasteiger partial charge on any atom is -0.462 e. The van der Waals surface area contributed by atoms with Gasteiger partial charge >= 0.3 is 5.97 Å². The highest BCUT2D eigenvalue weighted by Gasteiger charge is 2.27. The van der Waals surface area contributed by atoms with Gasteiger partial charge in [-0.15, -0.1) is 0 Å². The molecule has 9 heteroatoms. The summed E-state index contributed by atoms with van der Waals surface area (Å²) in [5.41, 5.74) is 0.715. The van der Waals surface area contributed by atoms with E-state index in [2.05, 4.69) is 0 Å². The van der Waals surface area contributed by atoms with Gasteiger partial charge in [0.15, 0.2) is 0 Å². The smallest absolute Gasteiger partial charge is 0.338 e. The Kier molecular flexibility index (Phi) is 6.17. The molecule has 0 N–H and O–H groups in total. The van der Waals surface area contributed by atoms with Crippen LogP contribution >= 0.6 is 0 Å². The largest absolute Gasteiger partial charge is 0.462 e. The van der Waals surface area contributed by atoms with Crippen LogP contribution in [-0.2, 0) is 14.8 Å². The van der Waals surface area contributed by atoms with Crippen molar-refractivity contribution in [2.24, 2.45) is 0 Å². The van der Waals surface area contributed by atoms with E-state index in [1.54, 1.807) is 39.0 Å². The van der Waals surface area contributed by atoms with Gasteiger partial charge in [-0.05, 0) is 44.5 Å². The Morgan fingerprint density at radius 1 is 1.19 bits per heavy atom. The van der Waals surface area contributed by atoms with Crippen molar-refractivity contribution in [3.63, 3.8) is 0 Å². The number of hydrogen-bond donors (Lipinski definition) is 0. The van der Waals surface area contributed by atoms with Crippen molar-refractivity contribution >= 4 is 27.4 Å². The molecule has 27 heavy (non-hydrogen) atoms. The number of anilines is 1. The quantitative estimate of drug-likeness (QED) is 0.406. The molecule has 0 heterocycles. The highest BCUT2D eigenvalue weighted by Crippen LogP contribution is 2.30. The van der Waals surface area contributed by atoms with Crippen molar-refractivity contribution in [2.45, 2.75) is 25.7 Å². The fraction of sp³-hybridized carbons (Fsp3) is 0.278. The van der Waals surface area contributed by atoms with Crippen LogP contribution in [0.4, 0.5) is 11.4 Å². The number of nitro groups is 1. The molecule has 0 aliphatic carbocycles. The number of nitrogens with zero attached hydrogens (tertiary/aromatic N) is 2. The lowest BCUT2D eigenvalue weighted by Gasteiger charge is -2.25. The van der Waals surface area contributed by atoms with Gasteiger partial charge in [0.25, 0.3) is 15.7 Å². The van der Waals surface area contributed by atoms with Crippen LogP contribution in [0.5, 0.6) is 0 Å². The van der Waals surface area contributed by atoms with Crippen molar-refractivity contribution in [1.29, 1.82) is 0 Å². The van der Waals surface area contributed by atoms with E-state index in [-0.39, 0.29) is 29.3 Å². The van der Waals surface area contributed by atoms with E-state index >= 15 is 0 Å². The van der Waals surface area contributed by atoms with E-state index < -0.39 is 20.9 Å². The third-order valence-corrected chi connectivity index (χ3v) is 5.86. The van der Waals surface area contributed by atoms with Gasteiger partial charge in [-0.1, -0.05) is 12.1 Å². The molecule has 0 aliphatic heterocycles. The highest BCUT2D eigenvalue weighted by molar-refractivity contribution is 7.92. The topological polar surface area (TPSA) is 107 Å². The summed E-state index contributed by atoms with van der Waals surface area (Å²) in [5.74, 6) is -0.541. The van der Waals surface area contributed by atoms with E-state index in [4.69, 9.17) is 4.74 Å². The number of ether oxygens (including phenoxy) is 1. The fourth-order valence-corrected chi connectivity index (χ4v) is 4.25. The molecule has 0 aromatic heterocycles. The third-order valence-electron chi connectivity index (χ3n) is 3.97. The van der Waals surface area contributed by atoms with E-state index in [1.807, 2.05) is 0 Å². The molecule has 0 fully saturated rings. The number of rotatable bonds is 7. The zero-order chi connectivity index (χ0) is 20.2. The van der Waals surface area contributed by atoms with Gasteiger partial charge in [0, 0.05) is 18.7 Å². The molecule has 0 radical (unpaired) electrons. The molecule has 0 atom stereocenters. The molecule has 0 saturated heterocycles. The van der Waals surface area contributed by atoms with Gasteiger partial charge in [-0.2, -0.15) is 0 Å². The van der Waals surface area contributed by atoms with E-state index in [0.717, 1.165) is 10.4 Å².